The van der Waals surface area contributed by atoms with Crippen molar-refractivity contribution in [3.63, 3.8) is 0 Å². The molecule has 0 aliphatic carbocycles. The number of carbonyl (C=O) groups is 1. The van der Waals surface area contributed by atoms with Gasteiger partial charge in [-0.3, -0.25) is 20.2 Å². The zero-order chi connectivity index (χ0) is 22.8. The number of carbonyl (C=O) groups excluding carboxylic acids is 1. The number of aromatic nitrogens is 1. The average Bonchev–Trinajstić information content (AvgIpc) is 3.17. The van der Waals surface area contributed by atoms with E-state index in [1.165, 1.54) is 23.5 Å². The second-order valence-corrected chi connectivity index (χ2v) is 8.66. The number of nitro groups is 1. The summed E-state index contributed by atoms with van der Waals surface area (Å²) in [6.07, 6.45) is 0. The van der Waals surface area contributed by atoms with E-state index in [1.54, 1.807) is 36.4 Å². The average molecular weight is 464 g/mol. The maximum absolute atomic E-state index is 12.8. The van der Waals surface area contributed by atoms with Gasteiger partial charge in [-0.2, -0.15) is 0 Å². The van der Waals surface area contributed by atoms with E-state index in [9.17, 15) is 14.9 Å². The Hall–Kier alpha value is -3.55. The molecule has 1 heterocycles. The Morgan fingerprint density at radius 1 is 1.06 bits per heavy atom. The van der Waals surface area contributed by atoms with Gasteiger partial charge < -0.3 is 0 Å². The zero-order valence-corrected chi connectivity index (χ0v) is 18.8. The molecule has 0 saturated carbocycles. The maximum Gasteiger partial charge on any atom is 0.269 e. The molecular weight excluding hydrogens is 446 g/mol. The highest BCUT2D eigenvalue weighted by Crippen LogP contribution is 2.41. The minimum Gasteiger partial charge on any atom is -0.298 e. The quantitative estimate of drug-likeness (QED) is 0.257. The summed E-state index contributed by atoms with van der Waals surface area (Å²) in [6.45, 7) is 4.04. The van der Waals surface area contributed by atoms with Crippen LogP contribution >= 0.6 is 22.9 Å². The lowest BCUT2D eigenvalue weighted by atomic mass is 10.0. The summed E-state index contributed by atoms with van der Waals surface area (Å²) in [5, 5.41) is 14.6. The molecule has 8 heteroatoms. The number of nitrogens with one attached hydrogen (secondary N) is 1. The van der Waals surface area contributed by atoms with Crippen LogP contribution < -0.4 is 5.32 Å². The molecular formula is C24H18ClN3O3S. The van der Waals surface area contributed by atoms with Gasteiger partial charge >= 0.3 is 0 Å². The van der Waals surface area contributed by atoms with Crippen molar-refractivity contribution in [3.8, 4) is 21.7 Å². The van der Waals surface area contributed by atoms with Gasteiger partial charge in [-0.25, -0.2) is 4.98 Å². The summed E-state index contributed by atoms with van der Waals surface area (Å²) in [5.41, 5.74) is 4.92. The van der Waals surface area contributed by atoms with Gasteiger partial charge in [-0.15, -0.1) is 0 Å². The third-order valence-electron chi connectivity index (χ3n) is 4.94. The molecule has 0 fully saturated rings. The van der Waals surface area contributed by atoms with Crippen LogP contribution in [0.2, 0.25) is 5.02 Å². The molecule has 1 N–H and O–H groups in total. The molecule has 4 aromatic rings. The number of rotatable bonds is 5. The first kappa shape index (κ1) is 21.7. The van der Waals surface area contributed by atoms with Crippen LogP contribution in [0.25, 0.3) is 21.7 Å². The van der Waals surface area contributed by atoms with Crippen molar-refractivity contribution in [1.82, 2.24) is 4.98 Å². The number of halogens is 1. The zero-order valence-electron chi connectivity index (χ0n) is 17.3. The Morgan fingerprint density at radius 2 is 1.78 bits per heavy atom. The van der Waals surface area contributed by atoms with Crippen molar-refractivity contribution in [2.75, 3.05) is 5.32 Å². The molecule has 0 radical (unpaired) electrons. The summed E-state index contributed by atoms with van der Waals surface area (Å²) in [6, 6.07) is 19.1. The second kappa shape index (κ2) is 8.90. The summed E-state index contributed by atoms with van der Waals surface area (Å²) in [4.78, 5) is 28.9. The molecule has 4 rings (SSSR count). The highest BCUT2D eigenvalue weighted by Gasteiger charge is 2.20. The summed E-state index contributed by atoms with van der Waals surface area (Å²) < 4.78 is 0. The fraction of sp³-hybridized carbons (Fsp3) is 0.0833. The first-order valence-corrected chi connectivity index (χ1v) is 10.9. The van der Waals surface area contributed by atoms with Gasteiger partial charge in [0, 0.05) is 17.7 Å². The number of hydrogen-bond acceptors (Lipinski definition) is 5. The molecule has 0 aliphatic heterocycles. The van der Waals surface area contributed by atoms with Crippen molar-refractivity contribution in [2.24, 2.45) is 0 Å². The van der Waals surface area contributed by atoms with Crippen molar-refractivity contribution < 1.29 is 9.72 Å². The number of non-ortho nitro benzene ring substituents is 1. The predicted octanol–water partition coefficient (Wildman–Crippen LogP) is 6.91. The van der Waals surface area contributed by atoms with E-state index in [1.807, 2.05) is 26.0 Å². The van der Waals surface area contributed by atoms with Crippen molar-refractivity contribution in [2.45, 2.75) is 13.8 Å². The molecule has 1 amide bonds. The number of nitro benzene ring substituents is 1. The van der Waals surface area contributed by atoms with Crippen LogP contribution in [0.15, 0.2) is 66.7 Å². The molecule has 0 atom stereocenters. The fourth-order valence-corrected chi connectivity index (χ4v) is 4.67. The van der Waals surface area contributed by atoms with Gasteiger partial charge in [0.15, 0.2) is 5.13 Å². The predicted molar refractivity (Wildman–Crippen MR) is 129 cm³/mol. The van der Waals surface area contributed by atoms with E-state index >= 15 is 0 Å². The molecule has 6 nitrogen and oxygen atoms in total. The number of aryl methyl sites for hydroxylation is 2. The molecule has 160 valence electrons. The largest absolute Gasteiger partial charge is 0.298 e. The van der Waals surface area contributed by atoms with E-state index in [-0.39, 0.29) is 11.6 Å². The minimum absolute atomic E-state index is 0.00397. The lowest BCUT2D eigenvalue weighted by molar-refractivity contribution is -0.384. The summed E-state index contributed by atoms with van der Waals surface area (Å²) >= 11 is 7.50. The van der Waals surface area contributed by atoms with Crippen LogP contribution in [0, 0.1) is 24.0 Å². The Labute approximate surface area is 193 Å². The highest BCUT2D eigenvalue weighted by atomic mass is 35.5. The Morgan fingerprint density at radius 3 is 2.44 bits per heavy atom. The van der Waals surface area contributed by atoms with Crippen LogP contribution in [0.5, 0.6) is 0 Å². The molecule has 32 heavy (non-hydrogen) atoms. The smallest absolute Gasteiger partial charge is 0.269 e. The second-order valence-electron chi connectivity index (χ2n) is 7.25. The minimum atomic E-state index is -0.439. The number of amides is 1. The first-order chi connectivity index (χ1) is 15.3. The SMILES string of the molecule is Cc1ccc(-c2sc(NC(=O)c3ccccc3Cl)nc2-c2ccc([N+](=O)[O-])cc2)c(C)c1. The molecule has 3 aromatic carbocycles. The third kappa shape index (κ3) is 4.39. The lowest BCUT2D eigenvalue weighted by Crippen LogP contribution is -2.12. The number of anilines is 1. The van der Waals surface area contributed by atoms with Crippen molar-refractivity contribution in [1.29, 1.82) is 0 Å². The van der Waals surface area contributed by atoms with Gasteiger partial charge in [0.25, 0.3) is 11.6 Å². The van der Waals surface area contributed by atoms with E-state index in [0.717, 1.165) is 27.1 Å². The number of thiazole rings is 1. The standard InChI is InChI=1S/C24H18ClN3O3S/c1-14-7-12-18(15(2)13-14)22-21(16-8-10-17(11-9-16)28(30)31)26-24(32-22)27-23(29)19-5-3-4-6-20(19)25/h3-13H,1-2H3,(H,26,27,29). The molecule has 0 bridgehead atoms. The van der Waals surface area contributed by atoms with Crippen LogP contribution in [-0.4, -0.2) is 15.8 Å². The van der Waals surface area contributed by atoms with Crippen molar-refractivity contribution in [3.05, 3.63) is 98.6 Å². The van der Waals surface area contributed by atoms with Crippen LogP contribution in [0.3, 0.4) is 0 Å². The monoisotopic (exact) mass is 463 g/mol. The number of nitrogens with zero attached hydrogens (tertiary/aromatic N) is 2. The van der Waals surface area contributed by atoms with Crippen LogP contribution in [-0.2, 0) is 0 Å². The third-order valence-corrected chi connectivity index (χ3v) is 6.28. The van der Waals surface area contributed by atoms with Crippen LogP contribution in [0.1, 0.15) is 21.5 Å². The first-order valence-electron chi connectivity index (χ1n) is 9.72. The number of hydrogen-bond donors (Lipinski definition) is 1. The number of benzene rings is 3. The summed E-state index contributed by atoms with van der Waals surface area (Å²) in [5.74, 6) is -0.355. The normalized spacial score (nSPS) is 10.7. The molecule has 0 aliphatic rings. The van der Waals surface area contributed by atoms with Gasteiger partial charge in [-0.1, -0.05) is 58.8 Å². The van der Waals surface area contributed by atoms with Gasteiger partial charge in [0.2, 0.25) is 0 Å². The molecule has 1 aromatic heterocycles. The molecule has 0 saturated heterocycles. The van der Waals surface area contributed by atoms with E-state index in [0.29, 0.717) is 21.4 Å². The highest BCUT2D eigenvalue weighted by molar-refractivity contribution is 7.19. The Kier molecular flexibility index (Phi) is 6.03. The van der Waals surface area contributed by atoms with E-state index < -0.39 is 4.92 Å². The molecule has 0 spiro atoms. The van der Waals surface area contributed by atoms with Crippen molar-refractivity contribution >= 4 is 39.7 Å². The fourth-order valence-electron chi connectivity index (χ4n) is 3.37. The maximum atomic E-state index is 12.8. The lowest BCUT2D eigenvalue weighted by Gasteiger charge is -2.07. The Bertz CT molecular complexity index is 1330. The topological polar surface area (TPSA) is 85.1 Å². The van der Waals surface area contributed by atoms with E-state index in [2.05, 4.69) is 16.4 Å². The van der Waals surface area contributed by atoms with Gasteiger partial charge in [0.05, 0.1) is 26.1 Å². The van der Waals surface area contributed by atoms with E-state index in [4.69, 9.17) is 11.6 Å². The Balaban J connectivity index is 1.78. The van der Waals surface area contributed by atoms with Crippen LogP contribution in [0.4, 0.5) is 10.8 Å². The van der Waals surface area contributed by atoms with Gasteiger partial charge in [-0.05, 0) is 49.2 Å². The van der Waals surface area contributed by atoms with Gasteiger partial charge in [0.1, 0.15) is 0 Å². The summed E-state index contributed by atoms with van der Waals surface area (Å²) in [7, 11) is 0. The molecule has 0 unspecified atom stereocenters.